The smallest absolute Gasteiger partial charge is 0.220 e. The number of nitrogens with zero attached hydrogens (tertiary/aromatic N) is 5. The number of pyridine rings is 1. The quantitative estimate of drug-likeness (QED) is 0.483. The molecule has 4 heterocycles. The van der Waals surface area contributed by atoms with Gasteiger partial charge in [-0.05, 0) is 36.4 Å². The van der Waals surface area contributed by atoms with Crippen LogP contribution in [0.2, 0.25) is 0 Å². The maximum Gasteiger partial charge on any atom is 0.220 e. The molecule has 0 aliphatic rings. The van der Waals surface area contributed by atoms with Gasteiger partial charge in [0.1, 0.15) is 11.6 Å². The van der Waals surface area contributed by atoms with E-state index in [0.717, 1.165) is 5.69 Å². The van der Waals surface area contributed by atoms with Crippen molar-refractivity contribution in [2.24, 2.45) is 0 Å². The fourth-order valence-corrected chi connectivity index (χ4v) is 2.68. The Morgan fingerprint density at radius 1 is 1.07 bits per heavy atom. The molecular formula is C19H19N7O2. The zero-order valence-electron chi connectivity index (χ0n) is 15.1. The third kappa shape index (κ3) is 4.32. The lowest BCUT2D eigenvalue weighted by atomic mass is 10.3. The number of carbonyl (C=O) groups excluding carboxylic acids is 1. The second-order valence-corrected chi connectivity index (χ2v) is 6.14. The van der Waals surface area contributed by atoms with Crippen molar-refractivity contribution in [2.75, 3.05) is 5.32 Å². The first-order chi connectivity index (χ1) is 13.8. The molecule has 4 aromatic rings. The zero-order chi connectivity index (χ0) is 19.2. The molecule has 0 atom stereocenters. The van der Waals surface area contributed by atoms with E-state index in [0.29, 0.717) is 42.6 Å². The number of nitrogens with one attached hydrogen (secondary N) is 2. The minimum atomic E-state index is -0.0856. The Morgan fingerprint density at radius 3 is 2.86 bits per heavy atom. The molecule has 0 fully saturated rings. The van der Waals surface area contributed by atoms with Crippen LogP contribution in [0.15, 0.2) is 59.3 Å². The molecule has 1 amide bonds. The highest BCUT2D eigenvalue weighted by atomic mass is 16.3. The summed E-state index contributed by atoms with van der Waals surface area (Å²) in [7, 11) is 0. The van der Waals surface area contributed by atoms with E-state index in [2.05, 4.69) is 30.9 Å². The number of hydrogen-bond acceptors (Lipinski definition) is 7. The Kier molecular flexibility index (Phi) is 5.23. The van der Waals surface area contributed by atoms with Gasteiger partial charge in [0.15, 0.2) is 11.5 Å². The van der Waals surface area contributed by atoms with Gasteiger partial charge in [-0.3, -0.25) is 9.78 Å². The van der Waals surface area contributed by atoms with Crippen molar-refractivity contribution < 1.29 is 9.21 Å². The number of furan rings is 1. The summed E-state index contributed by atoms with van der Waals surface area (Å²) in [6.07, 6.45) is 4.05. The van der Waals surface area contributed by atoms with Gasteiger partial charge in [0.05, 0.1) is 25.0 Å². The van der Waals surface area contributed by atoms with Crippen molar-refractivity contribution in [2.45, 2.75) is 25.9 Å². The third-order valence-electron chi connectivity index (χ3n) is 4.12. The Bertz CT molecular complexity index is 1040. The van der Waals surface area contributed by atoms with E-state index in [-0.39, 0.29) is 12.3 Å². The average Bonchev–Trinajstić information content (AvgIpc) is 3.39. The lowest BCUT2D eigenvalue weighted by molar-refractivity contribution is -0.121. The molecule has 0 saturated heterocycles. The highest BCUT2D eigenvalue weighted by Gasteiger charge is 2.11. The zero-order valence-corrected chi connectivity index (χ0v) is 15.1. The Balaban J connectivity index is 1.36. The van der Waals surface area contributed by atoms with Gasteiger partial charge in [-0.15, -0.1) is 15.3 Å². The molecule has 0 aliphatic carbocycles. The van der Waals surface area contributed by atoms with Crippen LogP contribution in [0, 0.1) is 0 Å². The Morgan fingerprint density at radius 2 is 2.04 bits per heavy atom. The SMILES string of the molecule is O=C(CCc1nnc2ccc(NCc3ccccn3)nn12)NCc1ccco1. The molecule has 142 valence electrons. The van der Waals surface area contributed by atoms with Gasteiger partial charge in [0.2, 0.25) is 5.91 Å². The Hall–Kier alpha value is -3.75. The second kappa shape index (κ2) is 8.30. The van der Waals surface area contributed by atoms with Crippen LogP contribution in [0.25, 0.3) is 5.65 Å². The van der Waals surface area contributed by atoms with E-state index in [1.54, 1.807) is 23.0 Å². The minimum absolute atomic E-state index is 0.0856. The number of aromatic nitrogens is 5. The fraction of sp³-hybridized carbons (Fsp3) is 0.211. The first-order valence-electron chi connectivity index (χ1n) is 8.92. The number of aryl methyl sites for hydroxylation is 1. The molecule has 9 heteroatoms. The predicted molar refractivity (Wildman–Crippen MR) is 101 cm³/mol. The van der Waals surface area contributed by atoms with Crippen molar-refractivity contribution >= 4 is 17.4 Å². The molecule has 2 N–H and O–H groups in total. The number of fused-ring (bicyclic) bond motifs is 1. The maximum absolute atomic E-state index is 12.0. The van der Waals surface area contributed by atoms with E-state index in [1.807, 2.05) is 36.4 Å². The standard InChI is InChI=1S/C19H19N7O2/c27-19(22-13-15-5-3-11-28-15)9-8-18-24-23-17-7-6-16(25-26(17)18)21-12-14-4-1-2-10-20-14/h1-7,10-11H,8-9,12-13H2,(H,21,25)(H,22,27). The monoisotopic (exact) mass is 377 g/mol. The van der Waals surface area contributed by atoms with Crippen LogP contribution < -0.4 is 10.6 Å². The van der Waals surface area contributed by atoms with Gasteiger partial charge in [-0.2, -0.15) is 4.52 Å². The topological polar surface area (TPSA) is 110 Å². The van der Waals surface area contributed by atoms with Crippen molar-refractivity contribution in [3.8, 4) is 0 Å². The maximum atomic E-state index is 12.0. The highest BCUT2D eigenvalue weighted by molar-refractivity contribution is 5.76. The molecule has 0 saturated carbocycles. The van der Waals surface area contributed by atoms with Crippen LogP contribution in [0.3, 0.4) is 0 Å². The summed E-state index contributed by atoms with van der Waals surface area (Å²) < 4.78 is 6.85. The van der Waals surface area contributed by atoms with Crippen LogP contribution in [0.4, 0.5) is 5.82 Å². The molecule has 9 nitrogen and oxygen atoms in total. The normalized spacial score (nSPS) is 10.9. The molecule has 4 aromatic heterocycles. The second-order valence-electron chi connectivity index (χ2n) is 6.14. The number of amides is 1. The summed E-state index contributed by atoms with van der Waals surface area (Å²) in [5, 5.41) is 18.8. The molecule has 0 bridgehead atoms. The van der Waals surface area contributed by atoms with Crippen molar-refractivity contribution in [3.05, 3.63) is 72.2 Å². The highest BCUT2D eigenvalue weighted by Crippen LogP contribution is 2.10. The van der Waals surface area contributed by atoms with E-state index in [9.17, 15) is 4.79 Å². The molecule has 0 radical (unpaired) electrons. The fourth-order valence-electron chi connectivity index (χ4n) is 2.68. The predicted octanol–water partition coefficient (Wildman–Crippen LogP) is 1.97. The van der Waals surface area contributed by atoms with Crippen LogP contribution in [0.5, 0.6) is 0 Å². The average molecular weight is 377 g/mol. The molecule has 0 aliphatic heterocycles. The number of rotatable bonds is 8. The van der Waals surface area contributed by atoms with Crippen molar-refractivity contribution in [1.82, 2.24) is 30.1 Å². The molecule has 4 rings (SSSR count). The Labute approximate surface area is 160 Å². The van der Waals surface area contributed by atoms with Gasteiger partial charge >= 0.3 is 0 Å². The largest absolute Gasteiger partial charge is 0.467 e. The summed E-state index contributed by atoms with van der Waals surface area (Å²) in [4.78, 5) is 16.3. The first kappa shape index (κ1) is 17.7. The molecule has 0 unspecified atom stereocenters. The third-order valence-corrected chi connectivity index (χ3v) is 4.12. The van der Waals surface area contributed by atoms with Crippen LogP contribution in [-0.2, 0) is 24.3 Å². The summed E-state index contributed by atoms with van der Waals surface area (Å²) in [6.45, 7) is 0.929. The van der Waals surface area contributed by atoms with Crippen molar-refractivity contribution in [3.63, 3.8) is 0 Å². The summed E-state index contributed by atoms with van der Waals surface area (Å²) >= 11 is 0. The number of anilines is 1. The molecule has 0 aromatic carbocycles. The first-order valence-corrected chi connectivity index (χ1v) is 8.92. The number of carbonyl (C=O) groups is 1. The van der Waals surface area contributed by atoms with Crippen LogP contribution in [0.1, 0.15) is 23.7 Å². The van der Waals surface area contributed by atoms with Gasteiger partial charge in [-0.25, -0.2) is 0 Å². The number of hydrogen-bond donors (Lipinski definition) is 2. The van der Waals surface area contributed by atoms with E-state index < -0.39 is 0 Å². The van der Waals surface area contributed by atoms with Gasteiger partial charge in [-0.1, -0.05) is 6.07 Å². The van der Waals surface area contributed by atoms with E-state index in [4.69, 9.17) is 4.42 Å². The minimum Gasteiger partial charge on any atom is -0.467 e. The van der Waals surface area contributed by atoms with Gasteiger partial charge < -0.3 is 15.1 Å². The van der Waals surface area contributed by atoms with Crippen LogP contribution >= 0.6 is 0 Å². The van der Waals surface area contributed by atoms with Gasteiger partial charge in [0, 0.05) is 19.0 Å². The lowest BCUT2D eigenvalue weighted by Crippen LogP contribution is -2.23. The molecule has 0 spiro atoms. The summed E-state index contributed by atoms with van der Waals surface area (Å²) in [5.41, 5.74) is 1.55. The van der Waals surface area contributed by atoms with Crippen LogP contribution in [-0.4, -0.2) is 30.7 Å². The summed E-state index contributed by atoms with van der Waals surface area (Å²) in [5.74, 6) is 1.94. The van der Waals surface area contributed by atoms with E-state index in [1.165, 1.54) is 0 Å². The van der Waals surface area contributed by atoms with E-state index >= 15 is 0 Å². The lowest BCUT2D eigenvalue weighted by Gasteiger charge is -2.06. The summed E-state index contributed by atoms with van der Waals surface area (Å²) in [6, 6.07) is 13.0. The molecular weight excluding hydrogens is 358 g/mol. The van der Waals surface area contributed by atoms with Crippen molar-refractivity contribution in [1.29, 1.82) is 0 Å². The molecule has 28 heavy (non-hydrogen) atoms. The van der Waals surface area contributed by atoms with Gasteiger partial charge in [0.25, 0.3) is 0 Å².